The normalized spacial score (nSPS) is 14.2. The molecule has 11 heteroatoms. The minimum Gasteiger partial charge on any atom is -0.495 e. The van der Waals surface area contributed by atoms with E-state index >= 15 is 0 Å². The Hall–Kier alpha value is -3.37. The third kappa shape index (κ3) is 4.64. The minimum atomic E-state index is -4.05. The fourth-order valence-corrected chi connectivity index (χ4v) is 5.47. The average Bonchev–Trinajstić information content (AvgIpc) is 2.84. The number of piperazine rings is 1. The zero-order valence-electron chi connectivity index (χ0n) is 18.7. The molecule has 0 atom stereocenters. The first-order valence-corrected chi connectivity index (χ1v) is 12.4. The number of rotatable bonds is 6. The highest BCUT2D eigenvalue weighted by Crippen LogP contribution is 2.33. The first-order chi connectivity index (χ1) is 16.2. The number of methoxy groups -OCH3 is 1. The number of nitrogens with zero attached hydrogens (tertiary/aromatic N) is 4. The van der Waals surface area contributed by atoms with Gasteiger partial charge in [-0.25, -0.2) is 13.4 Å². The highest BCUT2D eigenvalue weighted by molar-refractivity contribution is 7.91. The fourth-order valence-electron chi connectivity index (χ4n) is 3.78. The number of sulfone groups is 1. The second kappa shape index (κ2) is 9.47. The largest absolute Gasteiger partial charge is 0.495 e. The van der Waals surface area contributed by atoms with E-state index in [2.05, 4.69) is 14.9 Å². The molecule has 34 heavy (non-hydrogen) atoms. The van der Waals surface area contributed by atoms with Crippen molar-refractivity contribution in [1.29, 1.82) is 0 Å². The van der Waals surface area contributed by atoms with Crippen LogP contribution in [0.5, 0.6) is 5.75 Å². The number of hydrogen-bond donors (Lipinski definition) is 1. The highest BCUT2D eigenvalue weighted by Gasteiger charge is 2.28. The molecule has 1 aromatic heterocycles. The average molecular weight is 502 g/mol. The van der Waals surface area contributed by atoms with Crippen LogP contribution in [0, 0.1) is 0 Å². The molecule has 1 aliphatic heterocycles. The molecule has 9 nitrogen and oxygen atoms in total. The number of aromatic nitrogens is 2. The number of carbonyl (C=O) groups excluding carboxylic acids is 1. The van der Waals surface area contributed by atoms with Crippen molar-refractivity contribution in [2.24, 2.45) is 0 Å². The molecule has 2 aromatic carbocycles. The number of halogens is 1. The van der Waals surface area contributed by atoms with Gasteiger partial charge in [-0.2, -0.15) is 4.98 Å². The summed E-state index contributed by atoms with van der Waals surface area (Å²) in [6.07, 6.45) is 1.22. The molecule has 1 fully saturated rings. The van der Waals surface area contributed by atoms with Crippen LogP contribution in [-0.2, 0) is 9.84 Å². The van der Waals surface area contributed by atoms with Crippen LogP contribution in [-0.4, -0.2) is 57.5 Å². The number of anilines is 3. The van der Waals surface area contributed by atoms with Gasteiger partial charge in [0.05, 0.1) is 13.3 Å². The van der Waals surface area contributed by atoms with Crippen LogP contribution < -0.4 is 20.3 Å². The lowest BCUT2D eigenvalue weighted by molar-refractivity contribution is 0.101. The molecule has 4 rings (SSSR count). The van der Waals surface area contributed by atoms with Crippen LogP contribution in [0.25, 0.3) is 0 Å². The molecule has 1 saturated heterocycles. The van der Waals surface area contributed by atoms with E-state index in [-0.39, 0.29) is 32.2 Å². The van der Waals surface area contributed by atoms with E-state index in [0.29, 0.717) is 37.7 Å². The smallest absolute Gasteiger partial charge is 0.227 e. The van der Waals surface area contributed by atoms with E-state index < -0.39 is 9.84 Å². The van der Waals surface area contributed by atoms with E-state index in [9.17, 15) is 13.2 Å². The standard InChI is InChI=1S/C23H24ClN5O4S/c1-15(30)16-3-6-18(7-4-16)28-9-11-29(12-10-28)23-26-14-21(22(25)27-23)34(31,32)20-13-17(24)5-8-19(20)33-2/h3-8,13-14H,9-12H2,1-2H3,(H2,25,26,27). The predicted octanol–water partition coefficient (Wildman–Crippen LogP) is 3.08. The van der Waals surface area contributed by atoms with Crippen LogP contribution in [0.4, 0.5) is 17.5 Å². The van der Waals surface area contributed by atoms with Crippen LogP contribution in [0.1, 0.15) is 17.3 Å². The maximum atomic E-state index is 13.2. The van der Waals surface area contributed by atoms with Gasteiger partial charge in [-0.3, -0.25) is 4.79 Å². The summed E-state index contributed by atoms with van der Waals surface area (Å²) in [4.78, 5) is 23.9. The molecular weight excluding hydrogens is 478 g/mol. The van der Waals surface area contributed by atoms with Gasteiger partial charge in [-0.05, 0) is 49.4 Å². The van der Waals surface area contributed by atoms with Crippen molar-refractivity contribution >= 4 is 44.7 Å². The molecule has 3 aromatic rings. The Balaban J connectivity index is 1.51. The number of ether oxygens (including phenoxy) is 1. The zero-order valence-corrected chi connectivity index (χ0v) is 20.3. The second-order valence-corrected chi connectivity index (χ2v) is 10.1. The van der Waals surface area contributed by atoms with E-state index in [1.807, 2.05) is 29.2 Å². The maximum Gasteiger partial charge on any atom is 0.227 e. The SMILES string of the molecule is COc1ccc(Cl)cc1S(=O)(=O)c1cnc(N2CCN(c3ccc(C(C)=O)cc3)CC2)nc1N. The van der Waals surface area contributed by atoms with Gasteiger partial charge < -0.3 is 20.3 Å². The van der Waals surface area contributed by atoms with Crippen molar-refractivity contribution in [3.05, 3.63) is 59.2 Å². The highest BCUT2D eigenvalue weighted by atomic mass is 35.5. The summed E-state index contributed by atoms with van der Waals surface area (Å²) >= 11 is 6.00. The quantitative estimate of drug-likeness (QED) is 0.508. The fraction of sp³-hybridized carbons (Fsp3) is 0.261. The number of benzene rings is 2. The zero-order chi connectivity index (χ0) is 24.5. The van der Waals surface area contributed by atoms with Crippen LogP contribution in [0.15, 0.2) is 58.5 Å². The monoisotopic (exact) mass is 501 g/mol. The number of Topliss-reactive ketones (excluding diaryl/α,β-unsaturated/α-hetero) is 1. The topological polar surface area (TPSA) is 119 Å². The maximum absolute atomic E-state index is 13.2. The minimum absolute atomic E-state index is 0.0328. The van der Waals surface area contributed by atoms with Gasteiger partial charge in [0, 0.05) is 42.5 Å². The third-order valence-electron chi connectivity index (χ3n) is 5.68. The number of ketones is 1. The van der Waals surface area contributed by atoms with Gasteiger partial charge >= 0.3 is 0 Å². The summed E-state index contributed by atoms with van der Waals surface area (Å²) in [6, 6.07) is 11.8. The first-order valence-electron chi connectivity index (χ1n) is 10.5. The lowest BCUT2D eigenvalue weighted by Gasteiger charge is -2.36. The molecular formula is C23H24ClN5O4S. The van der Waals surface area contributed by atoms with Gasteiger partial charge in [0.25, 0.3) is 0 Å². The lowest BCUT2D eigenvalue weighted by Crippen LogP contribution is -2.47. The lowest BCUT2D eigenvalue weighted by atomic mass is 10.1. The van der Waals surface area contributed by atoms with Gasteiger partial charge in [-0.15, -0.1) is 0 Å². The Morgan fingerprint density at radius 1 is 1.03 bits per heavy atom. The van der Waals surface area contributed by atoms with E-state index in [0.717, 1.165) is 5.69 Å². The number of carbonyl (C=O) groups is 1. The summed E-state index contributed by atoms with van der Waals surface area (Å²) in [7, 11) is -2.67. The van der Waals surface area contributed by atoms with Gasteiger partial charge in [0.15, 0.2) is 5.78 Å². The summed E-state index contributed by atoms with van der Waals surface area (Å²) in [5, 5.41) is 0.254. The van der Waals surface area contributed by atoms with E-state index in [4.69, 9.17) is 22.1 Å². The molecule has 0 spiro atoms. The third-order valence-corrected chi connectivity index (χ3v) is 7.70. The van der Waals surface area contributed by atoms with E-state index in [1.54, 1.807) is 13.0 Å². The van der Waals surface area contributed by atoms with Crippen molar-refractivity contribution in [2.45, 2.75) is 16.7 Å². The Bertz CT molecular complexity index is 1320. The summed E-state index contributed by atoms with van der Waals surface area (Å²) in [5.74, 6) is 0.404. The Morgan fingerprint density at radius 3 is 2.26 bits per heavy atom. The van der Waals surface area contributed by atoms with Crippen LogP contribution >= 0.6 is 11.6 Å². The Morgan fingerprint density at radius 2 is 1.68 bits per heavy atom. The van der Waals surface area contributed by atoms with Crippen LogP contribution in [0.2, 0.25) is 5.02 Å². The van der Waals surface area contributed by atoms with E-state index in [1.165, 1.54) is 25.4 Å². The number of hydrogen-bond acceptors (Lipinski definition) is 9. The first kappa shape index (κ1) is 23.8. The summed E-state index contributed by atoms with van der Waals surface area (Å²) < 4.78 is 31.6. The second-order valence-electron chi connectivity index (χ2n) is 7.80. The molecule has 2 heterocycles. The molecule has 178 valence electrons. The van der Waals surface area contributed by atoms with Crippen molar-refractivity contribution in [1.82, 2.24) is 9.97 Å². The summed E-state index contributed by atoms with van der Waals surface area (Å²) in [6.45, 7) is 4.22. The summed E-state index contributed by atoms with van der Waals surface area (Å²) in [5.41, 5.74) is 7.78. The van der Waals surface area contributed by atoms with Crippen molar-refractivity contribution in [3.8, 4) is 5.75 Å². The molecule has 2 N–H and O–H groups in total. The van der Waals surface area contributed by atoms with Gasteiger partial charge in [-0.1, -0.05) is 11.6 Å². The van der Waals surface area contributed by atoms with Crippen molar-refractivity contribution in [2.75, 3.05) is 48.8 Å². The molecule has 0 amide bonds. The van der Waals surface area contributed by atoms with Crippen LogP contribution in [0.3, 0.4) is 0 Å². The molecule has 0 saturated carbocycles. The molecule has 1 aliphatic rings. The van der Waals surface area contributed by atoms with Crippen molar-refractivity contribution < 1.29 is 17.9 Å². The van der Waals surface area contributed by atoms with Gasteiger partial charge in [0.1, 0.15) is 21.4 Å². The predicted molar refractivity (Wildman–Crippen MR) is 131 cm³/mol. The molecule has 0 aliphatic carbocycles. The molecule has 0 bridgehead atoms. The molecule has 0 unspecified atom stereocenters. The number of nitrogens with two attached hydrogens (primary N) is 1. The van der Waals surface area contributed by atoms with Gasteiger partial charge in [0.2, 0.25) is 15.8 Å². The Labute approximate surface area is 203 Å². The molecule has 0 radical (unpaired) electrons. The van der Waals surface area contributed by atoms with Crippen molar-refractivity contribution in [3.63, 3.8) is 0 Å². The Kier molecular flexibility index (Phi) is 6.63. The number of nitrogen functional groups attached to an aromatic ring is 1.